The third kappa shape index (κ3) is 2.22. The predicted octanol–water partition coefficient (Wildman–Crippen LogP) is 1.80. The normalized spacial score (nSPS) is 10.6. The van der Waals surface area contributed by atoms with E-state index < -0.39 is 10.9 Å². The van der Waals surface area contributed by atoms with Crippen LogP contribution in [0.2, 0.25) is 0 Å². The molecule has 8 nitrogen and oxygen atoms in total. The molecule has 0 saturated carbocycles. The number of aromatic nitrogens is 3. The molecule has 0 aromatic carbocycles. The number of carboxylic acids is 1. The van der Waals surface area contributed by atoms with Crippen LogP contribution >= 0.6 is 0 Å². The van der Waals surface area contributed by atoms with E-state index in [0.29, 0.717) is 11.4 Å². The van der Waals surface area contributed by atoms with Gasteiger partial charge in [-0.25, -0.2) is 14.5 Å². The van der Waals surface area contributed by atoms with Gasteiger partial charge in [0.15, 0.2) is 5.82 Å². The first kappa shape index (κ1) is 13.7. The molecular formula is C12H12N4O4. The minimum atomic E-state index is -1.09. The van der Waals surface area contributed by atoms with Crippen molar-refractivity contribution in [3.05, 3.63) is 44.9 Å². The monoisotopic (exact) mass is 276 g/mol. The van der Waals surface area contributed by atoms with Gasteiger partial charge in [-0.3, -0.25) is 10.1 Å². The Morgan fingerprint density at radius 2 is 2.00 bits per heavy atom. The van der Waals surface area contributed by atoms with Gasteiger partial charge in [-0.1, -0.05) is 0 Å². The summed E-state index contributed by atoms with van der Waals surface area (Å²) >= 11 is 0. The average molecular weight is 276 g/mol. The summed E-state index contributed by atoms with van der Waals surface area (Å²) in [6.45, 7) is 4.72. The Hall–Kier alpha value is -2.77. The van der Waals surface area contributed by atoms with Crippen LogP contribution < -0.4 is 0 Å². The van der Waals surface area contributed by atoms with Crippen LogP contribution in [0.1, 0.15) is 27.4 Å². The van der Waals surface area contributed by atoms with Gasteiger partial charge in [0.25, 0.3) is 0 Å². The minimum Gasteiger partial charge on any atom is -0.478 e. The molecule has 0 fully saturated rings. The van der Waals surface area contributed by atoms with Gasteiger partial charge in [-0.2, -0.15) is 5.10 Å². The highest BCUT2D eigenvalue weighted by Crippen LogP contribution is 2.24. The lowest BCUT2D eigenvalue weighted by molar-refractivity contribution is -0.386. The summed E-state index contributed by atoms with van der Waals surface area (Å²) in [6.07, 6.45) is 0. The van der Waals surface area contributed by atoms with E-state index in [0.717, 1.165) is 0 Å². The SMILES string of the molecule is Cc1cc(C(=O)O)cc(-n2nc(C)c([N+](=O)[O-])c2C)n1. The molecule has 0 atom stereocenters. The first-order chi connectivity index (χ1) is 9.31. The minimum absolute atomic E-state index is 0.0581. The molecule has 8 heteroatoms. The van der Waals surface area contributed by atoms with Gasteiger partial charge in [0.1, 0.15) is 11.4 Å². The highest BCUT2D eigenvalue weighted by Gasteiger charge is 2.23. The molecule has 0 spiro atoms. The maximum absolute atomic E-state index is 11.0. The Kier molecular flexibility index (Phi) is 3.23. The Morgan fingerprint density at radius 3 is 2.50 bits per heavy atom. The van der Waals surface area contributed by atoms with Gasteiger partial charge in [0.2, 0.25) is 0 Å². The lowest BCUT2D eigenvalue weighted by atomic mass is 10.2. The van der Waals surface area contributed by atoms with Crippen molar-refractivity contribution >= 4 is 11.7 Å². The summed E-state index contributed by atoms with van der Waals surface area (Å²) in [5, 5.41) is 24.1. The van der Waals surface area contributed by atoms with Gasteiger partial charge in [-0.05, 0) is 32.9 Å². The third-order valence-electron chi connectivity index (χ3n) is 2.84. The first-order valence-electron chi connectivity index (χ1n) is 5.74. The fraction of sp³-hybridized carbons (Fsp3) is 0.250. The molecule has 0 amide bonds. The fourth-order valence-electron chi connectivity index (χ4n) is 2.00. The second-order valence-electron chi connectivity index (χ2n) is 4.35. The molecule has 0 aliphatic carbocycles. The molecule has 0 aliphatic heterocycles. The smallest absolute Gasteiger partial charge is 0.335 e. The Bertz CT molecular complexity index is 720. The number of aryl methyl sites for hydroxylation is 2. The Balaban J connectivity index is 2.66. The van der Waals surface area contributed by atoms with E-state index in [1.54, 1.807) is 13.8 Å². The molecule has 104 valence electrons. The molecule has 2 rings (SSSR count). The quantitative estimate of drug-likeness (QED) is 0.675. The van der Waals surface area contributed by atoms with E-state index in [-0.39, 0.29) is 22.8 Å². The van der Waals surface area contributed by atoms with Gasteiger partial charge in [0, 0.05) is 5.69 Å². The van der Waals surface area contributed by atoms with E-state index >= 15 is 0 Å². The van der Waals surface area contributed by atoms with Crippen LogP contribution in [-0.2, 0) is 0 Å². The lowest BCUT2D eigenvalue weighted by Crippen LogP contribution is -2.07. The molecular weight excluding hydrogens is 264 g/mol. The zero-order chi connectivity index (χ0) is 15.0. The highest BCUT2D eigenvalue weighted by molar-refractivity contribution is 5.88. The van der Waals surface area contributed by atoms with Gasteiger partial charge in [0.05, 0.1) is 10.5 Å². The second kappa shape index (κ2) is 4.72. The van der Waals surface area contributed by atoms with E-state index in [1.165, 1.54) is 23.7 Å². The Morgan fingerprint density at radius 1 is 1.35 bits per heavy atom. The number of aromatic carboxylic acids is 1. The van der Waals surface area contributed by atoms with Gasteiger partial charge in [-0.15, -0.1) is 0 Å². The van der Waals surface area contributed by atoms with Crippen LogP contribution in [0.25, 0.3) is 5.82 Å². The molecule has 2 aromatic rings. The number of rotatable bonds is 3. The standard InChI is InChI=1S/C12H12N4O4/c1-6-4-9(12(17)18)5-10(13-6)15-8(3)11(16(19)20)7(2)14-15/h4-5H,1-3H3,(H,17,18). The zero-order valence-corrected chi connectivity index (χ0v) is 11.1. The fourth-order valence-corrected chi connectivity index (χ4v) is 2.00. The van der Waals surface area contributed by atoms with Gasteiger partial charge >= 0.3 is 11.7 Å². The third-order valence-corrected chi connectivity index (χ3v) is 2.84. The van der Waals surface area contributed by atoms with Crippen molar-refractivity contribution in [2.24, 2.45) is 0 Å². The molecule has 2 aromatic heterocycles. The molecule has 20 heavy (non-hydrogen) atoms. The van der Waals surface area contributed by atoms with Crippen LogP contribution in [0.3, 0.4) is 0 Å². The van der Waals surface area contributed by atoms with Crippen LogP contribution in [0.15, 0.2) is 12.1 Å². The summed E-state index contributed by atoms with van der Waals surface area (Å²) in [7, 11) is 0. The summed E-state index contributed by atoms with van der Waals surface area (Å²) in [4.78, 5) is 25.7. The summed E-state index contributed by atoms with van der Waals surface area (Å²) in [5.74, 6) is -0.844. The summed E-state index contributed by atoms with van der Waals surface area (Å²) in [6, 6.07) is 2.75. The van der Waals surface area contributed by atoms with Gasteiger partial charge < -0.3 is 5.11 Å². The summed E-state index contributed by atoms with van der Waals surface area (Å²) < 4.78 is 1.28. The molecule has 2 heterocycles. The van der Waals surface area contributed by atoms with Crippen molar-refractivity contribution in [3.8, 4) is 5.82 Å². The highest BCUT2D eigenvalue weighted by atomic mass is 16.6. The van der Waals surface area contributed by atoms with Crippen molar-refractivity contribution in [3.63, 3.8) is 0 Å². The first-order valence-corrected chi connectivity index (χ1v) is 5.74. The van der Waals surface area contributed by atoms with Crippen molar-refractivity contribution in [2.45, 2.75) is 20.8 Å². The number of hydrogen-bond donors (Lipinski definition) is 1. The van der Waals surface area contributed by atoms with E-state index in [9.17, 15) is 14.9 Å². The van der Waals surface area contributed by atoms with Crippen molar-refractivity contribution < 1.29 is 14.8 Å². The number of carbonyl (C=O) groups is 1. The molecule has 0 saturated heterocycles. The lowest BCUT2D eigenvalue weighted by Gasteiger charge is -2.05. The maximum atomic E-state index is 11.0. The van der Waals surface area contributed by atoms with E-state index in [4.69, 9.17) is 5.11 Å². The number of hydrogen-bond acceptors (Lipinski definition) is 5. The van der Waals surface area contributed by atoms with E-state index in [2.05, 4.69) is 10.1 Å². The zero-order valence-electron chi connectivity index (χ0n) is 11.1. The van der Waals surface area contributed by atoms with Crippen LogP contribution in [0.4, 0.5) is 5.69 Å². The van der Waals surface area contributed by atoms with Crippen LogP contribution in [-0.4, -0.2) is 30.8 Å². The van der Waals surface area contributed by atoms with Crippen LogP contribution in [0.5, 0.6) is 0 Å². The summed E-state index contributed by atoms with van der Waals surface area (Å²) in [5.41, 5.74) is 1.03. The molecule has 0 aliphatic rings. The average Bonchev–Trinajstić information content (AvgIpc) is 2.63. The molecule has 0 radical (unpaired) electrons. The number of nitrogens with zero attached hydrogens (tertiary/aromatic N) is 4. The number of carboxylic acid groups (broad SMARTS) is 1. The van der Waals surface area contributed by atoms with Crippen molar-refractivity contribution in [1.82, 2.24) is 14.8 Å². The maximum Gasteiger partial charge on any atom is 0.335 e. The largest absolute Gasteiger partial charge is 0.478 e. The van der Waals surface area contributed by atoms with Crippen LogP contribution in [0, 0.1) is 30.9 Å². The predicted molar refractivity (Wildman–Crippen MR) is 69.2 cm³/mol. The van der Waals surface area contributed by atoms with Crippen molar-refractivity contribution in [2.75, 3.05) is 0 Å². The molecule has 0 bridgehead atoms. The Labute approximate surface area is 113 Å². The number of pyridine rings is 1. The van der Waals surface area contributed by atoms with E-state index in [1.807, 2.05) is 0 Å². The topological polar surface area (TPSA) is 111 Å². The molecule has 0 unspecified atom stereocenters. The molecule has 1 N–H and O–H groups in total. The number of nitro groups is 1. The second-order valence-corrected chi connectivity index (χ2v) is 4.35. The van der Waals surface area contributed by atoms with Crippen molar-refractivity contribution in [1.29, 1.82) is 0 Å².